The molecule has 6 rings (SSSR count). The molecule has 0 aromatic heterocycles. The molecule has 7 nitrogen and oxygen atoms in total. The molecule has 2 aromatic rings. The van der Waals surface area contributed by atoms with Crippen LogP contribution < -0.4 is 10.6 Å². The maximum Gasteiger partial charge on any atom is 0.246 e. The number of hydrogen-bond donors (Lipinski definition) is 2. The lowest BCUT2D eigenvalue weighted by Crippen LogP contribution is -2.58. The Bertz CT molecular complexity index is 1450. The number of benzene rings is 2. The number of halogens is 2. The molecule has 8 atom stereocenters. The van der Waals surface area contributed by atoms with E-state index in [0.717, 1.165) is 30.4 Å². The second-order valence-electron chi connectivity index (χ2n) is 12.4. The summed E-state index contributed by atoms with van der Waals surface area (Å²) in [7, 11) is 0. The minimum Gasteiger partial charge on any atom is -0.359 e. The highest BCUT2D eigenvalue weighted by molar-refractivity contribution is 6.31. The molecule has 4 aliphatic rings. The first-order valence-electron chi connectivity index (χ1n) is 14.9. The van der Waals surface area contributed by atoms with Crippen molar-refractivity contribution in [3.63, 3.8) is 0 Å². The number of amides is 3. The molecule has 3 amide bonds. The first-order chi connectivity index (χ1) is 20.1. The Morgan fingerprint density at radius 3 is 2.62 bits per heavy atom. The summed E-state index contributed by atoms with van der Waals surface area (Å²) in [6.45, 7) is 6.57. The predicted octanol–water partition coefficient (Wildman–Crippen LogP) is 5.57. The molecule has 3 fully saturated rings. The first-order valence-corrected chi connectivity index (χ1v) is 15.6. The molecule has 2 aromatic carbocycles. The van der Waals surface area contributed by atoms with E-state index in [4.69, 9.17) is 27.9 Å². The van der Waals surface area contributed by atoms with Crippen molar-refractivity contribution in [2.24, 2.45) is 23.7 Å². The molecule has 3 aliphatic heterocycles. The van der Waals surface area contributed by atoms with E-state index in [1.165, 1.54) is 0 Å². The fourth-order valence-corrected chi connectivity index (χ4v) is 7.80. The summed E-state index contributed by atoms with van der Waals surface area (Å²) < 4.78 is 6.50. The van der Waals surface area contributed by atoms with Crippen LogP contribution in [0.15, 0.2) is 54.6 Å². The number of carbonyl (C=O) groups is 3. The van der Waals surface area contributed by atoms with Crippen LogP contribution in [0.2, 0.25) is 10.0 Å². The van der Waals surface area contributed by atoms with Gasteiger partial charge in [0, 0.05) is 28.3 Å². The molecule has 2 N–H and O–H groups in total. The normalized spacial score (nSPS) is 33.1. The van der Waals surface area contributed by atoms with Gasteiger partial charge in [-0.15, -0.1) is 0 Å². The van der Waals surface area contributed by atoms with Gasteiger partial charge in [-0.3, -0.25) is 14.4 Å². The quantitative estimate of drug-likeness (QED) is 0.401. The van der Waals surface area contributed by atoms with Crippen molar-refractivity contribution in [3.8, 4) is 0 Å². The summed E-state index contributed by atoms with van der Waals surface area (Å²) in [5, 5.41) is 7.39. The number of anilines is 1. The number of nitrogens with zero attached hydrogens (tertiary/aromatic N) is 1. The predicted molar refractivity (Wildman–Crippen MR) is 163 cm³/mol. The van der Waals surface area contributed by atoms with E-state index in [9.17, 15) is 14.4 Å². The van der Waals surface area contributed by atoms with Gasteiger partial charge in [0.25, 0.3) is 0 Å². The molecule has 0 radical (unpaired) electrons. The van der Waals surface area contributed by atoms with Gasteiger partial charge in [0.2, 0.25) is 17.7 Å². The zero-order chi connectivity index (χ0) is 29.8. The van der Waals surface area contributed by atoms with Crippen molar-refractivity contribution >= 4 is 46.6 Å². The number of rotatable bonds is 7. The van der Waals surface area contributed by atoms with Gasteiger partial charge in [-0.1, -0.05) is 86.3 Å². The zero-order valence-corrected chi connectivity index (χ0v) is 25.6. The van der Waals surface area contributed by atoms with Gasteiger partial charge in [-0.25, -0.2) is 0 Å². The van der Waals surface area contributed by atoms with Crippen molar-refractivity contribution in [2.75, 3.05) is 11.9 Å². The van der Waals surface area contributed by atoms with Crippen molar-refractivity contribution in [2.45, 2.75) is 70.2 Å². The molecule has 2 saturated heterocycles. The Morgan fingerprint density at radius 2 is 1.86 bits per heavy atom. The molecule has 2 bridgehead atoms. The number of aryl methyl sites for hydroxylation is 1. The minimum atomic E-state index is -1.22. The number of likely N-dealkylation sites (tertiary alicyclic amines) is 1. The highest BCUT2D eigenvalue weighted by Gasteiger charge is 2.72. The van der Waals surface area contributed by atoms with Crippen LogP contribution in [0.1, 0.15) is 44.2 Å². The molecular formula is C33H37Cl2N3O4. The average Bonchev–Trinajstić information content (AvgIpc) is 3.60. The molecule has 8 unspecified atom stereocenters. The van der Waals surface area contributed by atoms with Gasteiger partial charge < -0.3 is 20.3 Å². The van der Waals surface area contributed by atoms with Crippen LogP contribution in [0.25, 0.3) is 0 Å². The Hall–Kier alpha value is -2.87. The van der Waals surface area contributed by atoms with Gasteiger partial charge in [0.15, 0.2) is 0 Å². The number of fused-ring (bicyclic) bond motifs is 1. The van der Waals surface area contributed by atoms with Gasteiger partial charge in [0.1, 0.15) is 11.6 Å². The molecule has 9 heteroatoms. The molecule has 42 heavy (non-hydrogen) atoms. The van der Waals surface area contributed by atoms with Crippen molar-refractivity contribution in [3.05, 3.63) is 75.8 Å². The molecule has 1 spiro atoms. The number of nitrogens with one attached hydrogen (secondary N) is 2. The maximum absolute atomic E-state index is 14.3. The van der Waals surface area contributed by atoms with E-state index in [0.29, 0.717) is 34.0 Å². The number of hydrogen-bond acceptors (Lipinski definition) is 4. The topological polar surface area (TPSA) is 87.7 Å². The van der Waals surface area contributed by atoms with Crippen LogP contribution >= 0.6 is 23.2 Å². The van der Waals surface area contributed by atoms with Crippen LogP contribution in [-0.4, -0.2) is 53.0 Å². The van der Waals surface area contributed by atoms with Gasteiger partial charge in [-0.2, -0.15) is 0 Å². The van der Waals surface area contributed by atoms with E-state index in [1.807, 2.05) is 49.4 Å². The summed E-state index contributed by atoms with van der Waals surface area (Å²) in [4.78, 5) is 43.8. The Kier molecular flexibility index (Phi) is 7.88. The minimum absolute atomic E-state index is 0.0187. The van der Waals surface area contributed by atoms with E-state index in [1.54, 1.807) is 17.0 Å². The SMILES string of the molecule is Cc1ccc(NC(=O)C2C3C=CC4(O3)C2C(=O)N(CCc2ccccc2Cl)C4C(=O)NC2CCCC(C)C2C)cc1Cl. The summed E-state index contributed by atoms with van der Waals surface area (Å²) in [6.07, 6.45) is 6.64. The fourth-order valence-electron chi connectivity index (χ4n) is 7.39. The second kappa shape index (κ2) is 11.3. The van der Waals surface area contributed by atoms with Crippen LogP contribution in [0.5, 0.6) is 0 Å². The lowest BCUT2D eigenvalue weighted by Gasteiger charge is -2.38. The molecule has 1 saturated carbocycles. The van der Waals surface area contributed by atoms with E-state index >= 15 is 0 Å². The summed E-state index contributed by atoms with van der Waals surface area (Å²) >= 11 is 12.7. The van der Waals surface area contributed by atoms with Crippen LogP contribution in [0, 0.1) is 30.6 Å². The van der Waals surface area contributed by atoms with Gasteiger partial charge in [-0.05, 0) is 60.9 Å². The van der Waals surface area contributed by atoms with Crippen molar-refractivity contribution in [1.29, 1.82) is 0 Å². The number of ether oxygens (including phenoxy) is 1. The molecule has 1 aliphatic carbocycles. The Balaban J connectivity index is 1.31. The van der Waals surface area contributed by atoms with Crippen molar-refractivity contribution < 1.29 is 19.1 Å². The highest BCUT2D eigenvalue weighted by Crippen LogP contribution is 2.55. The molecule has 222 valence electrons. The monoisotopic (exact) mass is 609 g/mol. The van der Waals surface area contributed by atoms with Crippen LogP contribution in [0.4, 0.5) is 5.69 Å². The second-order valence-corrected chi connectivity index (χ2v) is 13.2. The summed E-state index contributed by atoms with van der Waals surface area (Å²) in [5.74, 6) is -1.59. The lowest BCUT2D eigenvalue weighted by atomic mass is 9.73. The third-order valence-electron chi connectivity index (χ3n) is 9.98. The van der Waals surface area contributed by atoms with Crippen molar-refractivity contribution in [1.82, 2.24) is 10.2 Å². The van der Waals surface area contributed by atoms with E-state index in [2.05, 4.69) is 24.5 Å². The van der Waals surface area contributed by atoms with Crippen LogP contribution in [0.3, 0.4) is 0 Å². The number of carbonyl (C=O) groups excluding carboxylic acids is 3. The molecular weight excluding hydrogens is 573 g/mol. The summed E-state index contributed by atoms with van der Waals surface area (Å²) in [5.41, 5.74) is 1.12. The van der Waals surface area contributed by atoms with Gasteiger partial charge in [0.05, 0.1) is 17.9 Å². The van der Waals surface area contributed by atoms with E-state index < -0.39 is 29.6 Å². The first kappa shape index (κ1) is 29.2. The summed E-state index contributed by atoms with van der Waals surface area (Å²) in [6, 6.07) is 11.9. The maximum atomic E-state index is 14.3. The highest BCUT2D eigenvalue weighted by atomic mass is 35.5. The standard InChI is InChI=1S/C33H37Cl2N3O4/c1-18-7-6-10-25(20(18)3)37-31(40)29-33-15-13-26(42-33)27(30(39)36-22-12-11-19(2)24(35)17-22)28(33)32(41)38(29)16-14-21-8-4-5-9-23(21)34/h4-5,8-9,11-13,15,17-18,20,25-29H,6-7,10,14,16H2,1-3H3,(H,36,39)(H,37,40). The van der Waals surface area contributed by atoms with Crippen LogP contribution in [-0.2, 0) is 25.5 Å². The zero-order valence-electron chi connectivity index (χ0n) is 24.1. The fraction of sp³-hybridized carbons (Fsp3) is 0.485. The Morgan fingerprint density at radius 1 is 1.07 bits per heavy atom. The third-order valence-corrected chi connectivity index (χ3v) is 10.8. The van der Waals surface area contributed by atoms with Gasteiger partial charge >= 0.3 is 0 Å². The average molecular weight is 611 g/mol. The lowest BCUT2D eigenvalue weighted by molar-refractivity contribution is -0.141. The Labute approximate surface area is 257 Å². The van der Waals surface area contributed by atoms with E-state index in [-0.39, 0.29) is 30.3 Å². The third kappa shape index (κ3) is 4.93. The smallest absolute Gasteiger partial charge is 0.246 e. The molecule has 3 heterocycles. The largest absolute Gasteiger partial charge is 0.359 e.